The van der Waals surface area contributed by atoms with Crippen molar-refractivity contribution in [3.63, 3.8) is 0 Å². The summed E-state index contributed by atoms with van der Waals surface area (Å²) in [7, 11) is -3.27. The average molecular weight is 453 g/mol. The van der Waals surface area contributed by atoms with Crippen LogP contribution in [0.4, 0.5) is 10.2 Å². The topological polar surface area (TPSA) is 92.3 Å². The summed E-state index contributed by atoms with van der Waals surface area (Å²) in [6, 6.07) is 3.86. The molecule has 1 fully saturated rings. The van der Waals surface area contributed by atoms with Crippen molar-refractivity contribution in [2.75, 3.05) is 17.7 Å². The van der Waals surface area contributed by atoms with E-state index in [2.05, 4.69) is 15.3 Å². The number of nitrogens with one attached hydrogen (secondary N) is 1. The molecule has 3 rings (SSSR count). The molecule has 0 saturated carbocycles. The molecule has 1 saturated heterocycles. The van der Waals surface area contributed by atoms with Crippen LogP contribution >= 0.6 is 11.6 Å². The van der Waals surface area contributed by atoms with E-state index in [1.54, 1.807) is 19.1 Å². The first-order valence-corrected chi connectivity index (χ1v) is 11.7. The van der Waals surface area contributed by atoms with Crippen molar-refractivity contribution in [3.05, 3.63) is 64.2 Å². The third-order valence-corrected chi connectivity index (χ3v) is 5.71. The highest BCUT2D eigenvalue weighted by molar-refractivity contribution is 7.93. The number of rotatable bonds is 6. The normalized spacial score (nSPS) is 18.0. The first kappa shape index (κ1) is 22.2. The van der Waals surface area contributed by atoms with Crippen LogP contribution in [0.15, 0.2) is 42.1 Å². The van der Waals surface area contributed by atoms with Crippen LogP contribution in [0.5, 0.6) is 0 Å². The molecule has 1 unspecified atom stereocenters. The van der Waals surface area contributed by atoms with Gasteiger partial charge in [-0.2, -0.15) is 0 Å². The van der Waals surface area contributed by atoms with Crippen molar-refractivity contribution >= 4 is 33.2 Å². The number of carbonyl (C=O) groups excluding carboxylic acids is 1. The minimum absolute atomic E-state index is 0.0954. The predicted molar refractivity (Wildman–Crippen MR) is 114 cm³/mol. The Hall–Kier alpha value is -2.52. The lowest BCUT2D eigenvalue weighted by molar-refractivity contribution is 0.0941. The smallest absolute Gasteiger partial charge is 0.271 e. The Kier molecular flexibility index (Phi) is 6.72. The summed E-state index contributed by atoms with van der Waals surface area (Å²) < 4.78 is 36.7. The zero-order valence-electron chi connectivity index (χ0n) is 16.5. The molecule has 1 N–H and O–H groups in total. The first-order chi connectivity index (χ1) is 14.2. The number of halogens is 2. The first-order valence-electron chi connectivity index (χ1n) is 9.37. The molecule has 7 nitrogen and oxygen atoms in total. The Morgan fingerprint density at radius 1 is 1.37 bits per heavy atom. The molecule has 0 spiro atoms. The molecule has 2 atom stereocenters. The van der Waals surface area contributed by atoms with Gasteiger partial charge in [0.1, 0.15) is 17.3 Å². The second kappa shape index (κ2) is 9.09. The number of aromatic nitrogens is 2. The van der Waals surface area contributed by atoms with Gasteiger partial charge in [0.2, 0.25) is 0 Å². The summed E-state index contributed by atoms with van der Waals surface area (Å²) in [6.45, 7) is 2.32. The third-order valence-electron chi connectivity index (χ3n) is 4.72. The maximum absolute atomic E-state index is 14.4. The molecule has 10 heteroatoms. The fourth-order valence-electron chi connectivity index (χ4n) is 3.35. The predicted octanol–water partition coefficient (Wildman–Crippen LogP) is 3.29. The molecule has 2 heterocycles. The van der Waals surface area contributed by atoms with Gasteiger partial charge in [-0.3, -0.25) is 4.79 Å². The van der Waals surface area contributed by atoms with Crippen molar-refractivity contribution in [3.8, 4) is 0 Å². The van der Waals surface area contributed by atoms with E-state index in [0.29, 0.717) is 22.9 Å². The lowest BCUT2D eigenvalue weighted by Gasteiger charge is -2.26. The van der Waals surface area contributed by atoms with Crippen molar-refractivity contribution in [2.45, 2.75) is 31.8 Å². The second-order valence-electron chi connectivity index (χ2n) is 7.17. The number of sulfone groups is 1. The molecule has 2 aromatic rings. The average Bonchev–Trinajstić information content (AvgIpc) is 3.15. The Morgan fingerprint density at radius 2 is 2.13 bits per heavy atom. The maximum atomic E-state index is 14.4. The van der Waals surface area contributed by atoms with Crippen molar-refractivity contribution in [1.29, 1.82) is 0 Å². The summed E-state index contributed by atoms with van der Waals surface area (Å²) in [5.41, 5.74) is 0.532. The second-order valence-corrected chi connectivity index (χ2v) is 9.51. The lowest BCUT2D eigenvalue weighted by atomic mass is 10.0. The van der Waals surface area contributed by atoms with Crippen molar-refractivity contribution < 1.29 is 17.6 Å². The van der Waals surface area contributed by atoms with Gasteiger partial charge in [-0.25, -0.2) is 22.8 Å². The molecule has 1 aliphatic heterocycles. The number of hydrogen-bond donors (Lipinski definition) is 1. The molecule has 0 radical (unpaired) electrons. The zero-order valence-corrected chi connectivity index (χ0v) is 18.1. The van der Waals surface area contributed by atoms with Gasteiger partial charge in [0.05, 0.1) is 18.4 Å². The molecule has 0 aliphatic carbocycles. The summed E-state index contributed by atoms with van der Waals surface area (Å²) in [6.07, 6.45) is 6.84. The van der Waals surface area contributed by atoms with Gasteiger partial charge in [0, 0.05) is 34.8 Å². The molecule has 1 aliphatic rings. The number of carbonyl (C=O) groups is 1. The largest absolute Gasteiger partial charge is 0.348 e. The summed E-state index contributed by atoms with van der Waals surface area (Å²) >= 11 is 6.23. The van der Waals surface area contributed by atoms with Crippen LogP contribution in [-0.4, -0.2) is 43.1 Å². The highest BCUT2D eigenvalue weighted by Crippen LogP contribution is 2.39. The van der Waals surface area contributed by atoms with E-state index in [1.807, 2.05) is 4.90 Å². The fourth-order valence-corrected chi connectivity index (χ4v) is 4.16. The van der Waals surface area contributed by atoms with Crippen LogP contribution in [0, 0.1) is 5.82 Å². The third kappa shape index (κ3) is 5.34. The van der Waals surface area contributed by atoms with E-state index < -0.39 is 21.8 Å². The number of hydrogen-bond acceptors (Lipinski definition) is 6. The zero-order chi connectivity index (χ0) is 21.9. The minimum atomic E-state index is -3.27. The van der Waals surface area contributed by atoms with Crippen LogP contribution in [-0.2, 0) is 9.84 Å². The quantitative estimate of drug-likeness (QED) is 0.723. The van der Waals surface area contributed by atoms with E-state index in [-0.39, 0.29) is 17.6 Å². The van der Waals surface area contributed by atoms with E-state index in [1.165, 1.54) is 24.5 Å². The fraction of sp³-hybridized carbons (Fsp3) is 0.350. The van der Waals surface area contributed by atoms with Gasteiger partial charge in [0.25, 0.3) is 5.91 Å². The van der Waals surface area contributed by atoms with Crippen LogP contribution in [0.1, 0.15) is 41.9 Å². The minimum Gasteiger partial charge on any atom is -0.348 e. The number of amides is 1. The summed E-state index contributed by atoms with van der Waals surface area (Å²) in [5.74, 6) is -0.312. The SMILES string of the molecule is C[C@H](/C=C/S(C)(=O)=O)NC(=O)c1cnc(N2CCCC2c2c(F)cccc2Cl)cn1. The molecular weight excluding hydrogens is 431 g/mol. The monoisotopic (exact) mass is 452 g/mol. The van der Waals surface area contributed by atoms with Crippen LogP contribution in [0.2, 0.25) is 5.02 Å². The molecule has 160 valence electrons. The van der Waals surface area contributed by atoms with Crippen LogP contribution in [0.25, 0.3) is 0 Å². The Morgan fingerprint density at radius 3 is 2.77 bits per heavy atom. The van der Waals surface area contributed by atoms with E-state index >= 15 is 0 Å². The molecule has 1 aromatic heterocycles. The Labute approximate surface area is 179 Å². The molecule has 0 bridgehead atoms. The molecule has 30 heavy (non-hydrogen) atoms. The number of benzene rings is 1. The van der Waals surface area contributed by atoms with Gasteiger partial charge in [-0.15, -0.1) is 0 Å². The van der Waals surface area contributed by atoms with Crippen LogP contribution in [0.3, 0.4) is 0 Å². The van der Waals surface area contributed by atoms with Gasteiger partial charge in [0.15, 0.2) is 9.84 Å². The highest BCUT2D eigenvalue weighted by atomic mass is 35.5. The standard InChI is InChI=1S/C20H22ClFN4O3S/c1-13(8-10-30(2,28)29)25-20(27)16-11-24-18(12-23-16)26-9-4-7-17(26)19-14(21)5-3-6-15(19)22/h3,5-6,8,10-13,17H,4,7,9H2,1-2H3,(H,25,27)/b10-8+/t13-,17?/m1/s1. The summed E-state index contributed by atoms with van der Waals surface area (Å²) in [4.78, 5) is 22.7. The van der Waals surface area contributed by atoms with Gasteiger partial charge >= 0.3 is 0 Å². The molecule has 1 amide bonds. The van der Waals surface area contributed by atoms with Gasteiger partial charge < -0.3 is 10.2 Å². The summed E-state index contributed by atoms with van der Waals surface area (Å²) in [5, 5.41) is 4.04. The van der Waals surface area contributed by atoms with E-state index in [4.69, 9.17) is 11.6 Å². The Bertz CT molecular complexity index is 1040. The highest BCUT2D eigenvalue weighted by Gasteiger charge is 2.31. The maximum Gasteiger partial charge on any atom is 0.271 e. The van der Waals surface area contributed by atoms with Gasteiger partial charge in [-0.1, -0.05) is 23.7 Å². The van der Waals surface area contributed by atoms with Gasteiger partial charge in [-0.05, 0) is 31.9 Å². The van der Waals surface area contributed by atoms with Crippen molar-refractivity contribution in [2.24, 2.45) is 0 Å². The van der Waals surface area contributed by atoms with E-state index in [0.717, 1.165) is 24.5 Å². The lowest BCUT2D eigenvalue weighted by Crippen LogP contribution is -2.32. The Balaban J connectivity index is 1.73. The molecule has 1 aromatic carbocycles. The molecular formula is C20H22ClFN4O3S. The number of nitrogens with zero attached hydrogens (tertiary/aromatic N) is 3. The van der Waals surface area contributed by atoms with E-state index in [9.17, 15) is 17.6 Å². The van der Waals surface area contributed by atoms with Crippen LogP contribution < -0.4 is 10.2 Å². The van der Waals surface area contributed by atoms with Crippen molar-refractivity contribution in [1.82, 2.24) is 15.3 Å². The number of anilines is 1.